The average Bonchev–Trinajstić information content (AvgIpc) is 3.18. The van der Waals surface area contributed by atoms with E-state index in [0.29, 0.717) is 25.8 Å². The summed E-state index contributed by atoms with van der Waals surface area (Å²) in [6.07, 6.45) is 2.01. The van der Waals surface area contributed by atoms with E-state index in [0.717, 1.165) is 0 Å². The molecule has 0 bridgehead atoms. The molecule has 0 aliphatic rings. The number of hydrogen-bond acceptors (Lipinski definition) is 12. The van der Waals surface area contributed by atoms with Crippen LogP contribution in [0.3, 0.4) is 0 Å². The summed E-state index contributed by atoms with van der Waals surface area (Å²) in [5.41, 5.74) is 11.6. The van der Waals surface area contributed by atoms with Gasteiger partial charge < -0.3 is 64.4 Å². The minimum Gasteiger partial charge on any atom is -0.480 e. The summed E-state index contributed by atoms with van der Waals surface area (Å²) in [6, 6.07) is -7.55. The maximum Gasteiger partial charge on any atom is 0.326 e. The molecule has 0 aromatic rings. The Kier molecular flexibility index (Phi) is 26.6. The molecule has 0 aromatic carbocycles. The summed E-state index contributed by atoms with van der Waals surface area (Å²) in [7, 11) is 0. The Morgan fingerprint density at radius 2 is 0.889 bits per heavy atom. The van der Waals surface area contributed by atoms with Crippen LogP contribution in [0.25, 0.3) is 0 Å². The van der Waals surface area contributed by atoms with Crippen molar-refractivity contribution in [3.8, 4) is 0 Å². The molecule has 0 fully saturated rings. The van der Waals surface area contributed by atoms with Crippen LogP contribution in [0.15, 0.2) is 0 Å². The van der Waals surface area contributed by atoms with E-state index in [9.17, 15) is 53.1 Å². The van der Waals surface area contributed by atoms with Gasteiger partial charge >= 0.3 is 5.97 Å². The maximum absolute atomic E-state index is 13.7. The highest BCUT2D eigenvalue weighted by atomic mass is 16.4. The first kappa shape index (κ1) is 57.6. The number of carboxylic acids is 1. The molecule has 0 aliphatic heterocycles. The summed E-state index contributed by atoms with van der Waals surface area (Å²) >= 11 is 0. The van der Waals surface area contributed by atoms with Crippen LogP contribution in [0.4, 0.5) is 0 Å². The largest absolute Gasteiger partial charge is 0.480 e. The lowest BCUT2D eigenvalue weighted by Gasteiger charge is -2.30. The summed E-state index contributed by atoms with van der Waals surface area (Å²) in [4.78, 5) is 128. The fourth-order valence-corrected chi connectivity index (χ4v) is 5.90. The molecule has 0 spiro atoms. The third-order valence-electron chi connectivity index (χ3n) is 9.70. The van der Waals surface area contributed by atoms with E-state index in [1.165, 1.54) is 6.92 Å². The Morgan fingerprint density at radius 1 is 0.460 bits per heavy atom. The fraction of sp³-hybridized carbons (Fsp3) is 0.756. The summed E-state index contributed by atoms with van der Waals surface area (Å²) in [5, 5.41) is 31.6. The van der Waals surface area contributed by atoms with E-state index in [1.807, 2.05) is 13.8 Å². The predicted octanol–water partition coefficient (Wildman–Crippen LogP) is -2.53. The highest BCUT2D eigenvalue weighted by Gasteiger charge is 2.35. The van der Waals surface area contributed by atoms with Crippen LogP contribution in [-0.2, 0) is 47.9 Å². The molecule has 360 valence electrons. The average molecular weight is 898 g/mol. The number of amides is 9. The zero-order chi connectivity index (χ0) is 48.7. The first-order chi connectivity index (χ1) is 29.2. The first-order valence-electron chi connectivity index (χ1n) is 21.5. The van der Waals surface area contributed by atoms with Gasteiger partial charge in [0.2, 0.25) is 53.2 Å². The number of nitrogens with two attached hydrogens (primary N) is 2. The minimum absolute atomic E-state index is 0.000693. The Hall–Kier alpha value is -5.38. The molecule has 0 saturated carbocycles. The van der Waals surface area contributed by atoms with Crippen LogP contribution in [0, 0.1) is 29.6 Å². The zero-order valence-corrected chi connectivity index (χ0v) is 38.8. The first-order valence-corrected chi connectivity index (χ1v) is 21.5. The molecule has 0 rings (SSSR count). The molecular formula is C41H75N11O11. The van der Waals surface area contributed by atoms with Crippen LogP contribution in [0.5, 0.6) is 0 Å². The molecule has 63 heavy (non-hydrogen) atoms. The Labute approximate surface area is 370 Å². The normalized spacial score (nSPS) is 14.6. The predicted molar refractivity (Wildman–Crippen MR) is 234 cm³/mol. The molecule has 0 aromatic heterocycles. The van der Waals surface area contributed by atoms with E-state index >= 15 is 0 Å². The van der Waals surface area contributed by atoms with Crippen LogP contribution in [0.1, 0.15) is 102 Å². The van der Waals surface area contributed by atoms with Crippen LogP contribution < -0.4 is 59.3 Å². The van der Waals surface area contributed by atoms with Gasteiger partial charge in [-0.1, -0.05) is 75.7 Å². The van der Waals surface area contributed by atoms with Crippen molar-refractivity contribution >= 4 is 59.1 Å². The molecular weight excluding hydrogens is 823 g/mol. The van der Waals surface area contributed by atoms with E-state index in [1.54, 1.807) is 55.4 Å². The van der Waals surface area contributed by atoms with Crippen LogP contribution in [-0.4, -0.2) is 133 Å². The number of hydrogen-bond donors (Lipinski definition) is 12. The van der Waals surface area contributed by atoms with E-state index in [4.69, 9.17) is 11.5 Å². The lowest BCUT2D eigenvalue weighted by atomic mass is 9.97. The molecule has 9 amide bonds. The van der Waals surface area contributed by atoms with Gasteiger partial charge in [0.1, 0.15) is 36.3 Å². The second kappa shape index (κ2) is 29.1. The van der Waals surface area contributed by atoms with Crippen molar-refractivity contribution in [1.82, 2.24) is 47.9 Å². The van der Waals surface area contributed by atoms with Crippen molar-refractivity contribution in [3.05, 3.63) is 0 Å². The molecule has 22 nitrogen and oxygen atoms in total. The molecule has 7 atom stereocenters. The van der Waals surface area contributed by atoms with Crippen molar-refractivity contribution in [2.24, 2.45) is 41.1 Å². The monoisotopic (exact) mass is 898 g/mol. The van der Waals surface area contributed by atoms with Crippen molar-refractivity contribution in [3.63, 3.8) is 0 Å². The van der Waals surface area contributed by atoms with Gasteiger partial charge in [-0.05, 0) is 62.3 Å². The van der Waals surface area contributed by atoms with Gasteiger partial charge in [0.15, 0.2) is 0 Å². The van der Waals surface area contributed by atoms with Gasteiger partial charge in [-0.15, -0.1) is 0 Å². The van der Waals surface area contributed by atoms with Crippen LogP contribution >= 0.6 is 0 Å². The number of nitrogens with one attached hydrogen (secondary N) is 9. The van der Waals surface area contributed by atoms with Gasteiger partial charge in [-0.3, -0.25) is 43.2 Å². The highest BCUT2D eigenvalue weighted by molar-refractivity contribution is 5.97. The number of unbranched alkanes of at least 4 members (excludes halogenated alkanes) is 1. The molecule has 0 unspecified atom stereocenters. The smallest absolute Gasteiger partial charge is 0.326 e. The van der Waals surface area contributed by atoms with Crippen LogP contribution in [0.2, 0.25) is 0 Å². The fourth-order valence-electron chi connectivity index (χ4n) is 5.90. The summed E-state index contributed by atoms with van der Waals surface area (Å²) < 4.78 is 0. The molecule has 0 heterocycles. The van der Waals surface area contributed by atoms with E-state index < -0.39 is 145 Å². The SMILES string of the molecule is CC(C)C[C@H](NC(=O)[C@@H](N)CCCCN)C(=O)N[C@H](C(=O)N[C@H](C(=O)N[C@H](C(=O)NCC(=O)N[C@@H](C)C(=O)NCC(=O)NCC(=O)N[C@H](C(=O)O)C(C)C)C(C)C)C(C)C)C(C)C. The second-order valence-corrected chi connectivity index (χ2v) is 17.4. The van der Waals surface area contributed by atoms with Gasteiger partial charge in [-0.2, -0.15) is 0 Å². The lowest BCUT2D eigenvalue weighted by molar-refractivity contribution is -0.143. The third-order valence-corrected chi connectivity index (χ3v) is 9.70. The van der Waals surface area contributed by atoms with Gasteiger partial charge in [0.05, 0.1) is 25.7 Å². The number of carbonyl (C=O) groups is 10. The topological polar surface area (TPSA) is 351 Å². The van der Waals surface area contributed by atoms with Gasteiger partial charge in [0, 0.05) is 0 Å². The quantitative estimate of drug-likeness (QED) is 0.0345. The molecule has 22 heteroatoms. The standard InChI is InChI=1S/C41H75N11O11/c1-20(2)16-27(48-36(57)26(43)14-12-13-15-42)37(58)50-32(22(5)6)39(60)52-33(23(7)8)40(61)51-31(21(3)4)38(59)46-19-29(54)47-25(11)35(56)45-17-28(53)44-18-30(55)49-34(24(9)10)41(62)63/h20-27,31-34H,12-19,42-43H2,1-11H3,(H,44,53)(H,45,56)(H,46,59)(H,47,54)(H,48,57)(H,49,55)(H,50,58)(H,51,61)(H,52,60)(H,62,63)/t25-,26-,27-,31-,32-,33-,34-/m0/s1. The highest BCUT2D eigenvalue weighted by Crippen LogP contribution is 2.12. The summed E-state index contributed by atoms with van der Waals surface area (Å²) in [6.45, 7) is 17.2. The van der Waals surface area contributed by atoms with E-state index in [2.05, 4.69) is 47.9 Å². The molecule has 0 aliphatic carbocycles. The van der Waals surface area contributed by atoms with Gasteiger partial charge in [-0.25, -0.2) is 4.79 Å². The van der Waals surface area contributed by atoms with Crippen molar-refractivity contribution < 1.29 is 53.1 Å². The van der Waals surface area contributed by atoms with E-state index in [-0.39, 0.29) is 12.3 Å². The number of carboxylic acid groups (broad SMARTS) is 1. The molecule has 0 radical (unpaired) electrons. The Bertz CT molecular complexity index is 1570. The maximum atomic E-state index is 13.7. The summed E-state index contributed by atoms with van der Waals surface area (Å²) in [5.74, 6) is -9.25. The zero-order valence-electron chi connectivity index (χ0n) is 38.8. The van der Waals surface area contributed by atoms with Gasteiger partial charge in [0.25, 0.3) is 0 Å². The second-order valence-electron chi connectivity index (χ2n) is 17.4. The number of aliphatic carboxylic acids is 1. The molecule has 14 N–H and O–H groups in total. The number of rotatable bonds is 29. The minimum atomic E-state index is -1.23. The van der Waals surface area contributed by atoms with Crippen molar-refractivity contribution in [1.29, 1.82) is 0 Å². The third kappa shape index (κ3) is 22.5. The van der Waals surface area contributed by atoms with Crippen molar-refractivity contribution in [2.45, 2.75) is 144 Å². The van der Waals surface area contributed by atoms with Crippen molar-refractivity contribution in [2.75, 3.05) is 26.2 Å². The number of carbonyl (C=O) groups excluding carboxylic acids is 9. The molecule has 0 saturated heterocycles. The lowest BCUT2D eigenvalue weighted by Crippen LogP contribution is -2.61. The Balaban J connectivity index is 5.44. The Morgan fingerprint density at radius 3 is 1.35 bits per heavy atom.